The number of carbonyl (C=O) groups is 1. The highest BCUT2D eigenvalue weighted by Gasteiger charge is 2.23. The van der Waals surface area contributed by atoms with E-state index in [1.54, 1.807) is 7.05 Å². The van der Waals surface area contributed by atoms with Gasteiger partial charge in [0.15, 0.2) is 17.2 Å². The van der Waals surface area contributed by atoms with Gasteiger partial charge in [0.05, 0.1) is 5.69 Å². The zero-order chi connectivity index (χ0) is 14.4. The first kappa shape index (κ1) is 13.0. The summed E-state index contributed by atoms with van der Waals surface area (Å²) >= 11 is 3.53. The number of carboxylic acids is 1. The molecule has 0 radical (unpaired) electrons. The highest BCUT2D eigenvalue weighted by molar-refractivity contribution is 9.10. The van der Waals surface area contributed by atoms with Crippen molar-refractivity contribution in [3.05, 3.63) is 27.9 Å². The van der Waals surface area contributed by atoms with Crippen LogP contribution in [0.25, 0.3) is 11.3 Å². The number of benzene rings is 1. The molecule has 0 atom stereocenters. The number of hydrogen-bond acceptors (Lipinski definition) is 4. The number of carboxylic acid groups (broad SMARTS) is 1. The second-order valence-electron chi connectivity index (χ2n) is 4.44. The van der Waals surface area contributed by atoms with E-state index in [-0.39, 0.29) is 12.5 Å². The summed E-state index contributed by atoms with van der Waals surface area (Å²) in [5, 5.41) is 13.0. The van der Waals surface area contributed by atoms with E-state index in [4.69, 9.17) is 14.6 Å². The van der Waals surface area contributed by atoms with Crippen LogP contribution in [0.4, 0.5) is 0 Å². The summed E-state index contributed by atoms with van der Waals surface area (Å²) in [6, 6.07) is 3.35. The fraction of sp³-hybridized carbons (Fsp3) is 0.231. The Kier molecular flexibility index (Phi) is 2.93. The van der Waals surface area contributed by atoms with Gasteiger partial charge in [-0.1, -0.05) is 0 Å². The van der Waals surface area contributed by atoms with Crippen molar-refractivity contribution in [3.63, 3.8) is 0 Å². The molecule has 1 aliphatic heterocycles. The normalized spacial score (nSPS) is 12.8. The van der Waals surface area contributed by atoms with E-state index in [1.807, 2.05) is 13.0 Å². The molecule has 3 rings (SSSR count). The Morgan fingerprint density at radius 2 is 2.20 bits per heavy atom. The molecule has 0 bridgehead atoms. The number of aromatic carboxylic acids is 1. The summed E-state index contributed by atoms with van der Waals surface area (Å²) in [7, 11) is 1.70. The molecule has 2 heterocycles. The summed E-state index contributed by atoms with van der Waals surface area (Å²) in [5.41, 5.74) is 2.42. The zero-order valence-corrected chi connectivity index (χ0v) is 12.4. The van der Waals surface area contributed by atoms with E-state index in [1.165, 1.54) is 10.7 Å². The molecule has 6 nitrogen and oxygen atoms in total. The molecule has 0 saturated heterocycles. The largest absolute Gasteiger partial charge is 0.476 e. The Hall–Kier alpha value is -2.02. The first-order chi connectivity index (χ1) is 9.49. The Balaban J connectivity index is 2.20. The number of aromatic nitrogens is 2. The number of hydrogen-bond donors (Lipinski definition) is 1. The van der Waals surface area contributed by atoms with E-state index in [9.17, 15) is 4.79 Å². The highest BCUT2D eigenvalue weighted by Crippen LogP contribution is 2.44. The van der Waals surface area contributed by atoms with Gasteiger partial charge in [-0.05, 0) is 35.0 Å². The van der Waals surface area contributed by atoms with Gasteiger partial charge in [-0.25, -0.2) is 4.79 Å². The minimum Gasteiger partial charge on any atom is -0.476 e. The number of nitrogens with zero attached hydrogens (tertiary/aromatic N) is 2. The SMILES string of the molecule is Cc1c(Br)c(-c2cc(C(=O)O)nn2C)cc2c1OCO2. The lowest BCUT2D eigenvalue weighted by molar-refractivity contribution is 0.0689. The molecule has 104 valence electrons. The fourth-order valence-electron chi connectivity index (χ4n) is 2.20. The van der Waals surface area contributed by atoms with E-state index >= 15 is 0 Å². The minimum atomic E-state index is -1.06. The molecule has 20 heavy (non-hydrogen) atoms. The average molecular weight is 339 g/mol. The summed E-state index contributed by atoms with van der Waals surface area (Å²) in [4.78, 5) is 11.0. The molecule has 0 aliphatic carbocycles. The maximum absolute atomic E-state index is 11.0. The van der Waals surface area contributed by atoms with Gasteiger partial charge in [-0.15, -0.1) is 0 Å². The van der Waals surface area contributed by atoms with Crippen LogP contribution in [0, 0.1) is 6.92 Å². The van der Waals surface area contributed by atoms with E-state index in [0.29, 0.717) is 17.2 Å². The van der Waals surface area contributed by atoms with Gasteiger partial charge in [0, 0.05) is 22.6 Å². The first-order valence-electron chi connectivity index (χ1n) is 5.85. The van der Waals surface area contributed by atoms with Crippen molar-refractivity contribution < 1.29 is 19.4 Å². The standard InChI is InChI=1S/C13H11BrN2O4/c1-6-11(14)7(3-10-12(6)20-5-19-10)9-4-8(13(17)18)15-16(9)2/h3-4H,5H2,1-2H3,(H,17,18). The maximum atomic E-state index is 11.0. The van der Waals surface area contributed by atoms with Crippen LogP contribution >= 0.6 is 15.9 Å². The van der Waals surface area contributed by atoms with Crippen molar-refractivity contribution in [2.24, 2.45) is 7.05 Å². The second-order valence-corrected chi connectivity index (χ2v) is 5.23. The molecule has 2 aromatic rings. The highest BCUT2D eigenvalue weighted by atomic mass is 79.9. The summed E-state index contributed by atoms with van der Waals surface area (Å²) in [6.45, 7) is 2.10. The molecule has 1 N–H and O–H groups in total. The second kappa shape index (κ2) is 4.52. The van der Waals surface area contributed by atoms with Gasteiger partial charge in [-0.3, -0.25) is 4.68 Å². The van der Waals surface area contributed by atoms with Crippen molar-refractivity contribution >= 4 is 21.9 Å². The third-order valence-electron chi connectivity index (χ3n) is 3.20. The zero-order valence-electron chi connectivity index (χ0n) is 10.8. The van der Waals surface area contributed by atoms with Crippen molar-refractivity contribution in [3.8, 4) is 22.8 Å². The summed E-state index contributed by atoms with van der Waals surface area (Å²) in [6.07, 6.45) is 0. The van der Waals surface area contributed by atoms with Crippen molar-refractivity contribution in [2.75, 3.05) is 6.79 Å². The first-order valence-corrected chi connectivity index (χ1v) is 6.64. The van der Waals surface area contributed by atoms with Crippen LogP contribution in [0.1, 0.15) is 16.1 Å². The number of aryl methyl sites for hydroxylation is 1. The van der Waals surface area contributed by atoms with Crippen LogP contribution in [-0.4, -0.2) is 27.6 Å². The monoisotopic (exact) mass is 338 g/mol. The van der Waals surface area contributed by atoms with Gasteiger partial charge in [0.25, 0.3) is 0 Å². The average Bonchev–Trinajstić information content (AvgIpc) is 3.00. The smallest absolute Gasteiger partial charge is 0.356 e. The maximum Gasteiger partial charge on any atom is 0.356 e. The third-order valence-corrected chi connectivity index (χ3v) is 4.22. The van der Waals surface area contributed by atoms with Crippen LogP contribution in [-0.2, 0) is 7.05 Å². The van der Waals surface area contributed by atoms with Crippen LogP contribution in [0.2, 0.25) is 0 Å². The number of fused-ring (bicyclic) bond motifs is 1. The summed E-state index contributed by atoms with van der Waals surface area (Å²) < 4.78 is 13.2. The fourth-order valence-corrected chi connectivity index (χ4v) is 2.69. The van der Waals surface area contributed by atoms with Crippen LogP contribution in [0.5, 0.6) is 11.5 Å². The lowest BCUT2D eigenvalue weighted by Gasteiger charge is -2.10. The van der Waals surface area contributed by atoms with E-state index in [0.717, 1.165) is 15.6 Å². The van der Waals surface area contributed by atoms with Gasteiger partial charge in [0.2, 0.25) is 6.79 Å². The van der Waals surface area contributed by atoms with Crippen LogP contribution in [0.3, 0.4) is 0 Å². The molecular formula is C13H11BrN2O4. The molecule has 0 amide bonds. The quantitative estimate of drug-likeness (QED) is 0.910. The molecule has 1 aromatic carbocycles. The molecule has 7 heteroatoms. The van der Waals surface area contributed by atoms with E-state index < -0.39 is 5.97 Å². The Morgan fingerprint density at radius 1 is 1.45 bits per heavy atom. The lowest BCUT2D eigenvalue weighted by atomic mass is 10.1. The van der Waals surface area contributed by atoms with E-state index in [2.05, 4.69) is 21.0 Å². The molecule has 0 saturated carbocycles. The van der Waals surface area contributed by atoms with Gasteiger partial charge in [0.1, 0.15) is 0 Å². The molecular weight excluding hydrogens is 328 g/mol. The van der Waals surface area contributed by atoms with Gasteiger partial charge >= 0.3 is 5.97 Å². The minimum absolute atomic E-state index is 0.00437. The molecule has 1 aliphatic rings. The Morgan fingerprint density at radius 3 is 2.85 bits per heavy atom. The van der Waals surface area contributed by atoms with Crippen molar-refractivity contribution in [1.29, 1.82) is 0 Å². The van der Waals surface area contributed by atoms with Crippen LogP contribution in [0.15, 0.2) is 16.6 Å². The van der Waals surface area contributed by atoms with Gasteiger partial charge < -0.3 is 14.6 Å². The lowest BCUT2D eigenvalue weighted by Crippen LogP contribution is -1.99. The van der Waals surface area contributed by atoms with Crippen LogP contribution < -0.4 is 9.47 Å². The topological polar surface area (TPSA) is 73.6 Å². The van der Waals surface area contributed by atoms with Crippen molar-refractivity contribution in [2.45, 2.75) is 6.92 Å². The molecule has 0 fully saturated rings. The number of halogens is 1. The summed E-state index contributed by atoms with van der Waals surface area (Å²) in [5.74, 6) is 0.306. The Labute approximate surface area is 123 Å². The van der Waals surface area contributed by atoms with Crippen molar-refractivity contribution in [1.82, 2.24) is 9.78 Å². The number of rotatable bonds is 2. The molecule has 0 spiro atoms. The molecule has 1 aromatic heterocycles. The number of ether oxygens (including phenoxy) is 2. The predicted octanol–water partition coefficient (Wildman–Crippen LogP) is 2.58. The third kappa shape index (κ3) is 1.85. The van der Waals surface area contributed by atoms with Gasteiger partial charge in [-0.2, -0.15) is 5.10 Å². The molecule has 0 unspecified atom stereocenters. The Bertz CT molecular complexity index is 724. The predicted molar refractivity (Wildman–Crippen MR) is 74.2 cm³/mol.